The van der Waals surface area contributed by atoms with Gasteiger partial charge in [0, 0.05) is 7.11 Å². The highest BCUT2D eigenvalue weighted by Crippen LogP contribution is 2.25. The van der Waals surface area contributed by atoms with Crippen LogP contribution in [-0.4, -0.2) is 25.6 Å². The molecule has 1 aliphatic rings. The van der Waals surface area contributed by atoms with Crippen molar-refractivity contribution in [3.63, 3.8) is 0 Å². The average Bonchev–Trinajstić information content (AvgIpc) is 2.76. The Morgan fingerprint density at radius 3 is 2.60 bits per heavy atom. The van der Waals surface area contributed by atoms with Crippen LogP contribution in [-0.2, 0) is 19.2 Å². The van der Waals surface area contributed by atoms with E-state index in [0.717, 1.165) is 25.7 Å². The summed E-state index contributed by atoms with van der Waals surface area (Å²) in [6.07, 6.45) is 4.07. The first-order valence-electron chi connectivity index (χ1n) is 5.22. The summed E-state index contributed by atoms with van der Waals surface area (Å²) in [7, 11) is 1.51. The molecule has 0 heterocycles. The molecule has 0 unspecified atom stereocenters. The van der Waals surface area contributed by atoms with Gasteiger partial charge in [0.15, 0.2) is 0 Å². The van der Waals surface area contributed by atoms with Crippen LogP contribution in [0.3, 0.4) is 0 Å². The molecule has 0 aromatic heterocycles. The highest BCUT2D eigenvalue weighted by molar-refractivity contribution is 5.78. The maximum absolute atomic E-state index is 11.4. The first kappa shape index (κ1) is 12.0. The van der Waals surface area contributed by atoms with E-state index in [4.69, 9.17) is 9.57 Å². The Kier molecular flexibility index (Phi) is 5.10. The average molecular weight is 215 g/mol. The van der Waals surface area contributed by atoms with Gasteiger partial charge in [0.25, 0.3) is 5.91 Å². The Bertz CT molecular complexity index is 223. The van der Waals surface area contributed by atoms with E-state index >= 15 is 0 Å². The number of carbonyl (C=O) groups is 2. The van der Waals surface area contributed by atoms with E-state index in [9.17, 15) is 9.59 Å². The van der Waals surface area contributed by atoms with Gasteiger partial charge < -0.3 is 9.57 Å². The van der Waals surface area contributed by atoms with Crippen molar-refractivity contribution in [1.82, 2.24) is 5.48 Å². The zero-order valence-electron chi connectivity index (χ0n) is 8.95. The van der Waals surface area contributed by atoms with Crippen LogP contribution >= 0.6 is 0 Å². The molecule has 1 amide bonds. The van der Waals surface area contributed by atoms with Gasteiger partial charge in [0.05, 0.1) is 18.9 Å². The number of rotatable bonds is 4. The molecule has 1 fully saturated rings. The molecule has 1 saturated carbocycles. The molecule has 0 aromatic carbocycles. The number of hydrogen-bond acceptors (Lipinski definition) is 4. The molecular formula is C10H17NO4. The molecule has 0 bridgehead atoms. The van der Waals surface area contributed by atoms with Crippen molar-refractivity contribution in [2.24, 2.45) is 5.92 Å². The molecule has 0 aliphatic heterocycles. The summed E-state index contributed by atoms with van der Waals surface area (Å²) < 4.78 is 4.72. The molecule has 1 rings (SSSR count). The highest BCUT2D eigenvalue weighted by atomic mass is 16.7. The van der Waals surface area contributed by atoms with Crippen molar-refractivity contribution in [3.05, 3.63) is 0 Å². The maximum Gasteiger partial charge on any atom is 0.335 e. The molecular weight excluding hydrogens is 198 g/mol. The van der Waals surface area contributed by atoms with E-state index in [-0.39, 0.29) is 24.2 Å². The third-order valence-corrected chi connectivity index (χ3v) is 2.49. The number of hydroxylamine groups is 1. The summed E-state index contributed by atoms with van der Waals surface area (Å²) >= 11 is 0. The van der Waals surface area contributed by atoms with E-state index in [1.165, 1.54) is 7.11 Å². The standard InChI is InChI=1S/C10H17NO4/c1-14-7-6-9(12)11-15-10(13)8-4-2-3-5-8/h8H,2-7H2,1H3,(H,11,12). The predicted octanol–water partition coefficient (Wildman–Crippen LogP) is 0.787. The maximum atomic E-state index is 11.4. The quantitative estimate of drug-likeness (QED) is 0.704. The number of carbonyl (C=O) groups excluding carboxylic acids is 2. The minimum Gasteiger partial charge on any atom is -0.384 e. The Morgan fingerprint density at radius 2 is 2.00 bits per heavy atom. The van der Waals surface area contributed by atoms with Gasteiger partial charge >= 0.3 is 5.97 Å². The molecule has 5 nitrogen and oxygen atoms in total. The normalized spacial score (nSPS) is 16.3. The van der Waals surface area contributed by atoms with Crippen LogP contribution in [0.15, 0.2) is 0 Å². The van der Waals surface area contributed by atoms with Gasteiger partial charge in [-0.05, 0) is 12.8 Å². The second-order valence-electron chi connectivity index (χ2n) is 3.67. The zero-order valence-corrected chi connectivity index (χ0v) is 8.95. The van der Waals surface area contributed by atoms with Crippen LogP contribution in [0.4, 0.5) is 0 Å². The minimum absolute atomic E-state index is 0.0345. The fourth-order valence-electron chi connectivity index (χ4n) is 1.60. The molecule has 86 valence electrons. The van der Waals surface area contributed by atoms with Crippen molar-refractivity contribution < 1.29 is 19.2 Å². The van der Waals surface area contributed by atoms with Crippen LogP contribution in [0.25, 0.3) is 0 Å². The van der Waals surface area contributed by atoms with Crippen molar-refractivity contribution >= 4 is 11.9 Å². The Hall–Kier alpha value is -1.10. The number of amides is 1. The first-order valence-corrected chi connectivity index (χ1v) is 5.22. The molecule has 1 aliphatic carbocycles. The largest absolute Gasteiger partial charge is 0.384 e. The fraction of sp³-hybridized carbons (Fsp3) is 0.800. The molecule has 0 spiro atoms. The van der Waals surface area contributed by atoms with Gasteiger partial charge in [0.1, 0.15) is 0 Å². The van der Waals surface area contributed by atoms with Crippen LogP contribution < -0.4 is 5.48 Å². The lowest BCUT2D eigenvalue weighted by atomic mass is 10.1. The summed E-state index contributed by atoms with van der Waals surface area (Å²) in [5, 5.41) is 0. The van der Waals surface area contributed by atoms with Crippen LogP contribution in [0.2, 0.25) is 0 Å². The van der Waals surface area contributed by atoms with Gasteiger partial charge in [0.2, 0.25) is 0 Å². The van der Waals surface area contributed by atoms with Gasteiger partial charge in [-0.25, -0.2) is 4.79 Å². The summed E-state index contributed by atoms with van der Waals surface area (Å²) in [5.74, 6) is -0.686. The first-order chi connectivity index (χ1) is 7.24. The van der Waals surface area contributed by atoms with Gasteiger partial charge in [-0.1, -0.05) is 12.8 Å². The molecule has 0 atom stereocenters. The third-order valence-electron chi connectivity index (χ3n) is 2.49. The van der Waals surface area contributed by atoms with E-state index in [2.05, 4.69) is 5.48 Å². The molecule has 1 N–H and O–H groups in total. The van der Waals surface area contributed by atoms with E-state index in [1.54, 1.807) is 0 Å². The number of nitrogens with one attached hydrogen (secondary N) is 1. The second kappa shape index (κ2) is 6.40. The molecule has 0 aromatic rings. The minimum atomic E-state index is -0.330. The smallest absolute Gasteiger partial charge is 0.335 e. The monoisotopic (exact) mass is 215 g/mol. The van der Waals surface area contributed by atoms with Crippen LogP contribution in [0, 0.1) is 5.92 Å². The van der Waals surface area contributed by atoms with Crippen molar-refractivity contribution in [1.29, 1.82) is 0 Å². The van der Waals surface area contributed by atoms with E-state index in [0.29, 0.717) is 6.61 Å². The Morgan fingerprint density at radius 1 is 1.33 bits per heavy atom. The lowest BCUT2D eigenvalue weighted by Gasteiger charge is -2.09. The Balaban J connectivity index is 2.12. The van der Waals surface area contributed by atoms with Crippen molar-refractivity contribution in [2.75, 3.05) is 13.7 Å². The topological polar surface area (TPSA) is 64.6 Å². The Labute approximate surface area is 89.1 Å². The number of methoxy groups -OCH3 is 1. The SMILES string of the molecule is COCCC(=O)NOC(=O)C1CCCC1. The molecule has 5 heteroatoms. The summed E-state index contributed by atoms with van der Waals surface area (Å²) in [5.41, 5.74) is 2.13. The third kappa shape index (κ3) is 4.29. The highest BCUT2D eigenvalue weighted by Gasteiger charge is 2.24. The number of hydrogen-bond donors (Lipinski definition) is 1. The fourth-order valence-corrected chi connectivity index (χ4v) is 1.60. The summed E-state index contributed by atoms with van der Waals surface area (Å²) in [6.45, 7) is 0.326. The number of ether oxygens (including phenoxy) is 1. The van der Waals surface area contributed by atoms with Gasteiger partial charge in [-0.2, -0.15) is 5.48 Å². The van der Waals surface area contributed by atoms with Crippen molar-refractivity contribution in [3.8, 4) is 0 Å². The summed E-state index contributed by atoms with van der Waals surface area (Å²) in [4.78, 5) is 27.1. The summed E-state index contributed by atoms with van der Waals surface area (Å²) in [6, 6.07) is 0. The lowest BCUT2D eigenvalue weighted by Crippen LogP contribution is -2.30. The van der Waals surface area contributed by atoms with E-state index < -0.39 is 0 Å². The van der Waals surface area contributed by atoms with Crippen molar-refractivity contribution in [2.45, 2.75) is 32.1 Å². The van der Waals surface area contributed by atoms with E-state index in [1.807, 2.05) is 0 Å². The second-order valence-corrected chi connectivity index (χ2v) is 3.67. The van der Waals surface area contributed by atoms with Crippen LogP contribution in [0.1, 0.15) is 32.1 Å². The lowest BCUT2D eigenvalue weighted by molar-refractivity contribution is -0.162. The van der Waals surface area contributed by atoms with Crippen LogP contribution in [0.5, 0.6) is 0 Å². The van der Waals surface area contributed by atoms with Gasteiger partial charge in [-0.15, -0.1) is 0 Å². The van der Waals surface area contributed by atoms with Gasteiger partial charge in [-0.3, -0.25) is 4.79 Å². The zero-order chi connectivity index (χ0) is 11.1. The molecule has 0 radical (unpaired) electrons. The molecule has 0 saturated heterocycles. The molecule has 15 heavy (non-hydrogen) atoms. The predicted molar refractivity (Wildman–Crippen MR) is 52.7 cm³/mol.